The van der Waals surface area contributed by atoms with Crippen molar-refractivity contribution in [2.45, 2.75) is 19.6 Å². The van der Waals surface area contributed by atoms with Crippen molar-refractivity contribution in [1.82, 2.24) is 0 Å². The van der Waals surface area contributed by atoms with Crippen molar-refractivity contribution in [3.63, 3.8) is 0 Å². The molecule has 1 N–H and O–H groups in total. The quantitative estimate of drug-likeness (QED) is 0.388. The van der Waals surface area contributed by atoms with Crippen LogP contribution in [0.15, 0.2) is 0 Å². The Morgan fingerprint density at radius 1 is 1.43 bits per heavy atom. The van der Waals surface area contributed by atoms with Gasteiger partial charge in [-0.25, -0.2) is 0 Å². The van der Waals surface area contributed by atoms with Gasteiger partial charge in [-0.15, -0.1) is 0 Å². The van der Waals surface area contributed by atoms with Gasteiger partial charge in [-0.1, -0.05) is 19.6 Å². The Labute approximate surface area is 45.5 Å². The molecule has 0 rings (SSSR count). The maximum Gasteiger partial charge on any atom is 0.122 e. The summed E-state index contributed by atoms with van der Waals surface area (Å²) in [5.41, 5.74) is 8.19. The third-order valence-corrected chi connectivity index (χ3v) is 1.83. The SMILES string of the molecule is C[Si](C)(C)C[NH+]=[N-]. The summed E-state index contributed by atoms with van der Waals surface area (Å²) in [5, 5.41) is 2.17. The first-order valence-electron chi connectivity index (χ1n) is 2.43. The molecule has 0 heterocycles. The minimum Gasteiger partial charge on any atom is -0.509 e. The van der Waals surface area contributed by atoms with E-state index in [-0.39, 0.29) is 0 Å². The average molecular weight is 116 g/mol. The molecule has 0 spiro atoms. The zero-order chi connectivity index (χ0) is 5.91. The summed E-state index contributed by atoms with van der Waals surface area (Å²) < 4.78 is 0. The first kappa shape index (κ1) is 6.82. The third kappa shape index (κ3) is 5.82. The van der Waals surface area contributed by atoms with E-state index in [1.807, 2.05) is 0 Å². The molecule has 0 aliphatic rings. The van der Waals surface area contributed by atoms with Gasteiger partial charge >= 0.3 is 0 Å². The first-order chi connectivity index (χ1) is 3.06. The van der Waals surface area contributed by atoms with E-state index in [4.69, 9.17) is 5.53 Å². The molecule has 0 aliphatic carbocycles. The van der Waals surface area contributed by atoms with Gasteiger partial charge in [0.2, 0.25) is 0 Å². The standard InChI is InChI=1S/C4H12N2Si/c1-7(2,3)4-6-5/h6H,4H2,1-3H3. The summed E-state index contributed by atoms with van der Waals surface area (Å²) in [6.07, 6.45) is 0.785. The molecule has 7 heavy (non-hydrogen) atoms. The lowest BCUT2D eigenvalue weighted by molar-refractivity contribution is -0.461. The Hall–Kier alpha value is -0.183. The molecule has 42 valence electrons. The lowest BCUT2D eigenvalue weighted by Gasteiger charge is -2.06. The Bertz CT molecular complexity index is 64.6. The van der Waals surface area contributed by atoms with Crippen LogP contribution in [0.4, 0.5) is 0 Å². The van der Waals surface area contributed by atoms with E-state index in [2.05, 4.69) is 24.8 Å². The molecular formula is C4H12N2Si. The van der Waals surface area contributed by atoms with Gasteiger partial charge in [0.25, 0.3) is 0 Å². The van der Waals surface area contributed by atoms with Crippen molar-refractivity contribution in [2.24, 2.45) is 0 Å². The van der Waals surface area contributed by atoms with Crippen molar-refractivity contribution in [3.8, 4) is 0 Å². The van der Waals surface area contributed by atoms with Gasteiger partial charge in [0.15, 0.2) is 0 Å². The molecule has 0 aromatic rings. The molecule has 0 aromatic heterocycles. The maximum atomic E-state index is 8.19. The smallest absolute Gasteiger partial charge is 0.122 e. The fraction of sp³-hybridized carbons (Fsp3) is 1.00. The molecule has 0 amide bonds. The highest BCUT2D eigenvalue weighted by Gasteiger charge is 2.13. The fourth-order valence-electron chi connectivity index (χ4n) is 0.237. The zero-order valence-electron chi connectivity index (χ0n) is 5.15. The number of hydrogen-bond acceptors (Lipinski definition) is 0. The molecule has 0 unspecified atom stereocenters. The molecular weight excluding hydrogens is 104 g/mol. The number of rotatable bonds is 2. The summed E-state index contributed by atoms with van der Waals surface area (Å²) in [5.74, 6) is 0. The molecule has 0 fully saturated rings. The highest BCUT2D eigenvalue weighted by molar-refractivity contribution is 6.75. The van der Waals surface area contributed by atoms with Gasteiger partial charge in [0, 0.05) is 0 Å². The average Bonchev–Trinajstić information content (AvgIpc) is 1.30. The summed E-state index contributed by atoms with van der Waals surface area (Å²) >= 11 is 0. The normalized spacial score (nSPS) is 11.3. The van der Waals surface area contributed by atoms with Gasteiger partial charge in [0.1, 0.15) is 14.2 Å². The van der Waals surface area contributed by atoms with Crippen LogP contribution in [0.25, 0.3) is 5.53 Å². The predicted molar refractivity (Wildman–Crippen MR) is 32.5 cm³/mol. The molecule has 0 aliphatic heterocycles. The highest BCUT2D eigenvalue weighted by Crippen LogP contribution is 1.92. The van der Waals surface area contributed by atoms with Crippen LogP contribution in [0.3, 0.4) is 0 Å². The van der Waals surface area contributed by atoms with E-state index in [9.17, 15) is 0 Å². The molecule has 0 saturated carbocycles. The molecule has 0 atom stereocenters. The second-order valence-corrected chi connectivity index (χ2v) is 8.37. The summed E-state index contributed by atoms with van der Waals surface area (Å²) in [6.45, 7) is 6.57. The van der Waals surface area contributed by atoms with Crippen LogP contribution in [0.2, 0.25) is 19.6 Å². The zero-order valence-corrected chi connectivity index (χ0v) is 6.15. The van der Waals surface area contributed by atoms with Gasteiger partial charge in [-0.05, 0) is 0 Å². The van der Waals surface area contributed by atoms with Crippen molar-refractivity contribution in [2.75, 3.05) is 6.17 Å². The van der Waals surface area contributed by atoms with Gasteiger partial charge < -0.3 is 10.6 Å². The lowest BCUT2D eigenvalue weighted by atomic mass is 11.5. The monoisotopic (exact) mass is 116 g/mol. The second kappa shape index (κ2) is 2.21. The number of hydrogen-bond donors (Lipinski definition) is 1. The largest absolute Gasteiger partial charge is 0.509 e. The summed E-state index contributed by atoms with van der Waals surface area (Å²) in [7, 11) is -1.02. The molecule has 0 bridgehead atoms. The van der Waals surface area contributed by atoms with Crippen LogP contribution >= 0.6 is 0 Å². The summed E-state index contributed by atoms with van der Waals surface area (Å²) in [4.78, 5) is 0. The van der Waals surface area contributed by atoms with E-state index in [0.717, 1.165) is 6.17 Å². The van der Waals surface area contributed by atoms with Crippen LogP contribution in [0.1, 0.15) is 0 Å². The van der Waals surface area contributed by atoms with Crippen LogP contribution < -0.4 is 5.11 Å². The highest BCUT2D eigenvalue weighted by atomic mass is 28.3. The Morgan fingerprint density at radius 2 is 1.86 bits per heavy atom. The van der Waals surface area contributed by atoms with Crippen molar-refractivity contribution in [1.29, 1.82) is 0 Å². The van der Waals surface area contributed by atoms with Gasteiger partial charge in [-0.2, -0.15) is 0 Å². The van der Waals surface area contributed by atoms with E-state index >= 15 is 0 Å². The van der Waals surface area contributed by atoms with E-state index < -0.39 is 8.07 Å². The van der Waals surface area contributed by atoms with Crippen LogP contribution in [-0.4, -0.2) is 14.2 Å². The molecule has 0 radical (unpaired) electrons. The van der Waals surface area contributed by atoms with Gasteiger partial charge in [0.05, 0.1) is 0 Å². The summed E-state index contributed by atoms with van der Waals surface area (Å²) in [6, 6.07) is 0. The van der Waals surface area contributed by atoms with E-state index in [1.165, 1.54) is 0 Å². The Morgan fingerprint density at radius 3 is 1.86 bits per heavy atom. The Balaban J connectivity index is 3.34. The maximum absolute atomic E-state index is 8.19. The lowest BCUT2D eigenvalue weighted by Crippen LogP contribution is -2.70. The van der Waals surface area contributed by atoms with Crippen molar-refractivity contribution in [3.05, 3.63) is 5.53 Å². The van der Waals surface area contributed by atoms with Crippen LogP contribution in [0, 0.1) is 0 Å². The van der Waals surface area contributed by atoms with Crippen LogP contribution in [-0.2, 0) is 0 Å². The first-order valence-corrected chi connectivity index (χ1v) is 6.14. The minimum atomic E-state index is -1.02. The van der Waals surface area contributed by atoms with Crippen molar-refractivity contribution < 1.29 is 5.11 Å². The molecule has 0 aromatic carbocycles. The molecule has 0 saturated heterocycles. The van der Waals surface area contributed by atoms with E-state index in [1.54, 1.807) is 0 Å². The number of nitrogens with one attached hydrogen (secondary N) is 1. The third-order valence-electron chi connectivity index (χ3n) is 0.609. The molecule has 2 nitrogen and oxygen atoms in total. The Kier molecular flexibility index (Phi) is 2.15. The van der Waals surface area contributed by atoms with Crippen molar-refractivity contribution >= 4 is 8.07 Å². The van der Waals surface area contributed by atoms with E-state index in [0.29, 0.717) is 0 Å². The minimum absolute atomic E-state index is 0.785. The molecule has 3 heteroatoms. The van der Waals surface area contributed by atoms with Gasteiger partial charge in [-0.3, -0.25) is 0 Å². The second-order valence-electron chi connectivity index (χ2n) is 2.90. The predicted octanol–water partition coefficient (Wildman–Crippen LogP) is -0.0340. The fourth-order valence-corrected chi connectivity index (χ4v) is 0.712. The number of nitrogens with zero attached hydrogens (tertiary/aromatic N) is 1. The van der Waals surface area contributed by atoms with Crippen LogP contribution in [0.5, 0.6) is 0 Å². The topological polar surface area (TPSA) is 36.3 Å².